The van der Waals surface area contributed by atoms with Gasteiger partial charge < -0.3 is 5.11 Å². The Hall–Kier alpha value is -2.72. The molecule has 3 rings (SSSR count). The lowest BCUT2D eigenvalue weighted by Crippen LogP contribution is -2.19. The van der Waals surface area contributed by atoms with Gasteiger partial charge in [0, 0.05) is 18.2 Å². The van der Waals surface area contributed by atoms with E-state index in [-0.39, 0.29) is 0 Å². The summed E-state index contributed by atoms with van der Waals surface area (Å²) in [6.07, 6.45) is 7.40. The molecule has 25 heavy (non-hydrogen) atoms. The number of carbonyl (C=O) groups is 1. The predicted molar refractivity (Wildman–Crippen MR) is 100 cm³/mol. The largest absolute Gasteiger partial charge is 0.478 e. The van der Waals surface area contributed by atoms with Crippen molar-refractivity contribution < 1.29 is 9.90 Å². The summed E-state index contributed by atoms with van der Waals surface area (Å²) in [6, 6.07) is 15.9. The molecule has 0 aliphatic carbocycles. The SMILES string of the molecule is O=C(O)/C=C/c1cccc(/C(=C\CN2CCCC2)c2ccccc2)n1. The van der Waals surface area contributed by atoms with Gasteiger partial charge in [0.15, 0.2) is 0 Å². The summed E-state index contributed by atoms with van der Waals surface area (Å²) in [5.74, 6) is -0.972. The van der Waals surface area contributed by atoms with E-state index in [1.807, 2.05) is 36.4 Å². The van der Waals surface area contributed by atoms with Gasteiger partial charge in [-0.25, -0.2) is 9.78 Å². The Morgan fingerprint density at radius 1 is 1.08 bits per heavy atom. The number of pyridine rings is 1. The normalized spacial score (nSPS) is 15.8. The summed E-state index contributed by atoms with van der Waals surface area (Å²) >= 11 is 0. The molecule has 4 heteroatoms. The number of rotatable bonds is 6. The molecule has 0 atom stereocenters. The number of nitrogens with zero attached hydrogens (tertiary/aromatic N) is 2. The first-order chi connectivity index (χ1) is 12.2. The fourth-order valence-electron chi connectivity index (χ4n) is 3.02. The Balaban J connectivity index is 1.92. The van der Waals surface area contributed by atoms with Gasteiger partial charge in [0.1, 0.15) is 0 Å². The van der Waals surface area contributed by atoms with E-state index >= 15 is 0 Å². The quantitative estimate of drug-likeness (QED) is 0.818. The van der Waals surface area contributed by atoms with Crippen molar-refractivity contribution in [3.8, 4) is 0 Å². The van der Waals surface area contributed by atoms with E-state index in [4.69, 9.17) is 5.11 Å². The highest BCUT2D eigenvalue weighted by Crippen LogP contribution is 2.23. The lowest BCUT2D eigenvalue weighted by atomic mass is 10.0. The highest BCUT2D eigenvalue weighted by molar-refractivity contribution is 5.85. The van der Waals surface area contributed by atoms with Crippen LogP contribution in [-0.4, -0.2) is 40.6 Å². The summed E-state index contributed by atoms with van der Waals surface area (Å²) in [4.78, 5) is 17.8. The number of hydrogen-bond acceptors (Lipinski definition) is 3. The smallest absolute Gasteiger partial charge is 0.328 e. The van der Waals surface area contributed by atoms with Crippen molar-refractivity contribution in [1.82, 2.24) is 9.88 Å². The maximum Gasteiger partial charge on any atom is 0.328 e. The van der Waals surface area contributed by atoms with Crippen LogP contribution < -0.4 is 0 Å². The van der Waals surface area contributed by atoms with E-state index < -0.39 is 5.97 Å². The maximum absolute atomic E-state index is 10.7. The molecule has 4 nitrogen and oxygen atoms in total. The minimum atomic E-state index is -0.972. The van der Waals surface area contributed by atoms with Crippen molar-refractivity contribution in [3.05, 3.63) is 77.6 Å². The summed E-state index contributed by atoms with van der Waals surface area (Å²) in [6.45, 7) is 3.20. The van der Waals surface area contributed by atoms with Gasteiger partial charge in [-0.15, -0.1) is 0 Å². The van der Waals surface area contributed by atoms with Crippen molar-refractivity contribution in [2.24, 2.45) is 0 Å². The first-order valence-corrected chi connectivity index (χ1v) is 8.59. The zero-order valence-corrected chi connectivity index (χ0v) is 14.1. The van der Waals surface area contributed by atoms with Gasteiger partial charge in [0.25, 0.3) is 0 Å². The van der Waals surface area contributed by atoms with E-state index in [2.05, 4.69) is 28.1 Å². The third-order valence-corrected chi connectivity index (χ3v) is 4.28. The third-order valence-electron chi connectivity index (χ3n) is 4.28. The van der Waals surface area contributed by atoms with Gasteiger partial charge in [0.05, 0.1) is 11.4 Å². The third kappa shape index (κ3) is 4.88. The number of hydrogen-bond donors (Lipinski definition) is 1. The van der Waals surface area contributed by atoms with Crippen molar-refractivity contribution in [2.75, 3.05) is 19.6 Å². The number of likely N-dealkylation sites (tertiary alicyclic amines) is 1. The highest BCUT2D eigenvalue weighted by Gasteiger charge is 2.12. The van der Waals surface area contributed by atoms with Crippen molar-refractivity contribution in [3.63, 3.8) is 0 Å². The fraction of sp³-hybridized carbons (Fsp3) is 0.238. The van der Waals surface area contributed by atoms with Gasteiger partial charge in [-0.2, -0.15) is 0 Å². The van der Waals surface area contributed by atoms with Crippen molar-refractivity contribution in [1.29, 1.82) is 0 Å². The van der Waals surface area contributed by atoms with E-state index in [1.165, 1.54) is 18.9 Å². The molecule has 0 spiro atoms. The predicted octanol–water partition coefficient (Wildman–Crippen LogP) is 3.71. The fourth-order valence-corrected chi connectivity index (χ4v) is 3.02. The Morgan fingerprint density at radius 3 is 2.56 bits per heavy atom. The average Bonchev–Trinajstić information content (AvgIpc) is 3.15. The van der Waals surface area contributed by atoms with E-state index in [1.54, 1.807) is 0 Å². The van der Waals surface area contributed by atoms with Crippen LogP contribution in [0.25, 0.3) is 11.6 Å². The monoisotopic (exact) mass is 334 g/mol. The van der Waals surface area contributed by atoms with Gasteiger partial charge in [-0.1, -0.05) is 42.5 Å². The summed E-state index contributed by atoms with van der Waals surface area (Å²) in [5.41, 5.74) is 3.70. The van der Waals surface area contributed by atoms with Crippen LogP contribution in [0.3, 0.4) is 0 Å². The maximum atomic E-state index is 10.7. The van der Waals surface area contributed by atoms with Crippen LogP contribution in [0.4, 0.5) is 0 Å². The standard InChI is InChI=1S/C21H22N2O2/c24-21(25)12-11-18-9-6-10-20(22-18)19(17-7-2-1-3-8-17)13-16-23-14-4-5-15-23/h1-3,6-13H,4-5,14-16H2,(H,24,25)/b12-11+,19-13-. The van der Waals surface area contributed by atoms with Gasteiger partial charge in [-0.3, -0.25) is 4.90 Å². The van der Waals surface area contributed by atoms with Crippen molar-refractivity contribution in [2.45, 2.75) is 12.8 Å². The lowest BCUT2D eigenvalue weighted by Gasteiger charge is -2.14. The van der Waals surface area contributed by atoms with Crippen LogP contribution in [0.5, 0.6) is 0 Å². The first-order valence-electron chi connectivity index (χ1n) is 8.59. The lowest BCUT2D eigenvalue weighted by molar-refractivity contribution is -0.131. The Kier molecular flexibility index (Phi) is 5.75. The average molecular weight is 334 g/mol. The molecule has 1 saturated heterocycles. The number of benzene rings is 1. The zero-order chi connectivity index (χ0) is 17.5. The second-order valence-electron chi connectivity index (χ2n) is 6.11. The molecule has 1 N–H and O–H groups in total. The Bertz CT molecular complexity index is 775. The second kappa shape index (κ2) is 8.40. The molecular formula is C21H22N2O2. The molecule has 128 valence electrons. The van der Waals surface area contributed by atoms with Crippen LogP contribution in [-0.2, 0) is 4.79 Å². The van der Waals surface area contributed by atoms with Crippen LogP contribution >= 0.6 is 0 Å². The molecular weight excluding hydrogens is 312 g/mol. The van der Waals surface area contributed by atoms with E-state index in [0.717, 1.165) is 42.5 Å². The van der Waals surface area contributed by atoms with Crippen LogP contribution in [0.2, 0.25) is 0 Å². The molecule has 1 aliphatic rings. The molecule has 1 aromatic carbocycles. The molecule has 1 fully saturated rings. The molecule has 1 aliphatic heterocycles. The summed E-state index contributed by atoms with van der Waals surface area (Å²) in [5, 5.41) is 8.81. The summed E-state index contributed by atoms with van der Waals surface area (Å²) < 4.78 is 0. The van der Waals surface area contributed by atoms with Gasteiger partial charge >= 0.3 is 5.97 Å². The second-order valence-corrected chi connectivity index (χ2v) is 6.11. The van der Waals surface area contributed by atoms with Crippen LogP contribution in [0.15, 0.2) is 60.7 Å². The molecule has 0 radical (unpaired) electrons. The highest BCUT2D eigenvalue weighted by atomic mass is 16.4. The number of aliphatic carboxylic acids is 1. The Morgan fingerprint density at radius 2 is 1.84 bits per heavy atom. The molecule has 2 heterocycles. The molecule has 1 aromatic heterocycles. The minimum absolute atomic E-state index is 0.642. The first kappa shape index (κ1) is 17.1. The van der Waals surface area contributed by atoms with Crippen LogP contribution in [0.1, 0.15) is 29.8 Å². The minimum Gasteiger partial charge on any atom is -0.478 e. The molecule has 0 saturated carbocycles. The number of carboxylic acids is 1. The summed E-state index contributed by atoms with van der Waals surface area (Å²) in [7, 11) is 0. The molecule has 0 unspecified atom stereocenters. The molecule has 2 aromatic rings. The Labute approximate surface area is 148 Å². The van der Waals surface area contributed by atoms with Gasteiger partial charge in [-0.05, 0) is 49.7 Å². The topological polar surface area (TPSA) is 53.4 Å². The van der Waals surface area contributed by atoms with Gasteiger partial charge in [0.2, 0.25) is 0 Å². The number of aromatic nitrogens is 1. The number of carboxylic acid groups (broad SMARTS) is 1. The van der Waals surface area contributed by atoms with Crippen LogP contribution in [0, 0.1) is 0 Å². The van der Waals surface area contributed by atoms with Crippen molar-refractivity contribution >= 4 is 17.6 Å². The molecule has 0 bridgehead atoms. The van der Waals surface area contributed by atoms with E-state index in [0.29, 0.717) is 5.69 Å². The zero-order valence-electron chi connectivity index (χ0n) is 14.1. The van der Waals surface area contributed by atoms with E-state index in [9.17, 15) is 4.79 Å². The molecule has 0 amide bonds.